The van der Waals surface area contributed by atoms with Crippen molar-refractivity contribution in [3.05, 3.63) is 23.9 Å². The standard InChI is InChI=1S/C16H27N3O2/c1-13(12-21-3)19(9-10-20-2)16-14(5-4-8-17-16)11-18-15-6-7-15/h4-5,8,13,15,18H,6-7,9-12H2,1-3H3. The van der Waals surface area contributed by atoms with Crippen molar-refractivity contribution in [3.8, 4) is 0 Å². The first-order valence-electron chi connectivity index (χ1n) is 7.68. The van der Waals surface area contributed by atoms with Crippen LogP contribution in [0.15, 0.2) is 18.3 Å². The minimum Gasteiger partial charge on any atom is -0.383 e. The number of hydrogen-bond acceptors (Lipinski definition) is 5. The van der Waals surface area contributed by atoms with Gasteiger partial charge in [-0.2, -0.15) is 0 Å². The molecule has 21 heavy (non-hydrogen) atoms. The largest absolute Gasteiger partial charge is 0.383 e. The average molecular weight is 293 g/mol. The van der Waals surface area contributed by atoms with Crippen molar-refractivity contribution in [2.45, 2.75) is 38.4 Å². The number of nitrogens with zero attached hydrogens (tertiary/aromatic N) is 2. The normalized spacial score (nSPS) is 16.0. The molecule has 1 heterocycles. The molecule has 1 aliphatic rings. The lowest BCUT2D eigenvalue weighted by molar-refractivity contribution is 0.170. The zero-order chi connectivity index (χ0) is 15.1. The predicted molar refractivity (Wildman–Crippen MR) is 84.7 cm³/mol. The van der Waals surface area contributed by atoms with Crippen LogP contribution < -0.4 is 10.2 Å². The molecule has 1 fully saturated rings. The van der Waals surface area contributed by atoms with E-state index in [0.717, 1.165) is 18.9 Å². The second-order valence-corrected chi connectivity index (χ2v) is 5.63. The molecule has 5 heteroatoms. The van der Waals surface area contributed by atoms with Gasteiger partial charge in [0.25, 0.3) is 0 Å². The second-order valence-electron chi connectivity index (χ2n) is 5.63. The maximum atomic E-state index is 5.31. The Kier molecular flexibility index (Phi) is 6.42. The van der Waals surface area contributed by atoms with Gasteiger partial charge in [-0.25, -0.2) is 4.98 Å². The van der Waals surface area contributed by atoms with E-state index in [-0.39, 0.29) is 6.04 Å². The van der Waals surface area contributed by atoms with E-state index in [1.165, 1.54) is 18.4 Å². The highest BCUT2D eigenvalue weighted by Crippen LogP contribution is 2.23. The van der Waals surface area contributed by atoms with E-state index >= 15 is 0 Å². The molecule has 1 atom stereocenters. The van der Waals surface area contributed by atoms with Gasteiger partial charge in [-0.3, -0.25) is 0 Å². The molecule has 118 valence electrons. The molecule has 1 N–H and O–H groups in total. The molecular formula is C16H27N3O2. The molecule has 0 amide bonds. The molecule has 2 rings (SSSR count). The number of hydrogen-bond donors (Lipinski definition) is 1. The fourth-order valence-electron chi connectivity index (χ4n) is 2.42. The van der Waals surface area contributed by atoms with Crippen LogP contribution in [0.2, 0.25) is 0 Å². The summed E-state index contributed by atoms with van der Waals surface area (Å²) in [5, 5.41) is 3.57. The lowest BCUT2D eigenvalue weighted by Crippen LogP contribution is -2.40. The number of aromatic nitrogens is 1. The van der Waals surface area contributed by atoms with Crippen molar-refractivity contribution in [1.29, 1.82) is 0 Å². The smallest absolute Gasteiger partial charge is 0.133 e. The zero-order valence-electron chi connectivity index (χ0n) is 13.3. The van der Waals surface area contributed by atoms with Gasteiger partial charge in [0.1, 0.15) is 5.82 Å². The molecule has 0 aliphatic heterocycles. The first-order chi connectivity index (χ1) is 10.3. The molecule has 0 spiro atoms. The minimum atomic E-state index is 0.264. The van der Waals surface area contributed by atoms with Crippen molar-refractivity contribution in [1.82, 2.24) is 10.3 Å². The summed E-state index contributed by atoms with van der Waals surface area (Å²) < 4.78 is 10.6. The number of ether oxygens (including phenoxy) is 2. The van der Waals surface area contributed by atoms with Crippen LogP contribution >= 0.6 is 0 Å². The molecule has 0 bridgehead atoms. The Balaban J connectivity index is 2.11. The second kappa shape index (κ2) is 8.32. The lowest BCUT2D eigenvalue weighted by atomic mass is 10.2. The Bertz CT molecular complexity index is 424. The summed E-state index contributed by atoms with van der Waals surface area (Å²) in [7, 11) is 3.46. The van der Waals surface area contributed by atoms with E-state index in [1.54, 1.807) is 14.2 Å². The van der Waals surface area contributed by atoms with Gasteiger partial charge in [-0.1, -0.05) is 6.07 Å². The van der Waals surface area contributed by atoms with Gasteiger partial charge < -0.3 is 19.7 Å². The van der Waals surface area contributed by atoms with Crippen molar-refractivity contribution in [3.63, 3.8) is 0 Å². The fourth-order valence-corrected chi connectivity index (χ4v) is 2.42. The van der Waals surface area contributed by atoms with Crippen LogP contribution in [0.5, 0.6) is 0 Å². The van der Waals surface area contributed by atoms with E-state index in [9.17, 15) is 0 Å². The molecular weight excluding hydrogens is 266 g/mol. The van der Waals surface area contributed by atoms with Gasteiger partial charge in [0.15, 0.2) is 0 Å². The fraction of sp³-hybridized carbons (Fsp3) is 0.688. The summed E-state index contributed by atoms with van der Waals surface area (Å²) in [6.07, 6.45) is 4.45. The van der Waals surface area contributed by atoms with Crippen molar-refractivity contribution < 1.29 is 9.47 Å². The molecule has 5 nitrogen and oxygen atoms in total. The Hall–Kier alpha value is -1.17. The van der Waals surface area contributed by atoms with E-state index in [1.807, 2.05) is 12.3 Å². The highest BCUT2D eigenvalue weighted by Gasteiger charge is 2.22. The quantitative estimate of drug-likeness (QED) is 0.713. The summed E-state index contributed by atoms with van der Waals surface area (Å²) in [5.74, 6) is 1.03. The maximum Gasteiger partial charge on any atom is 0.133 e. The van der Waals surface area contributed by atoms with Gasteiger partial charge in [0.05, 0.1) is 19.3 Å². The first kappa shape index (κ1) is 16.2. The summed E-state index contributed by atoms with van der Waals surface area (Å²) in [6, 6.07) is 5.11. The van der Waals surface area contributed by atoms with Crippen LogP contribution in [-0.4, -0.2) is 51.0 Å². The zero-order valence-corrected chi connectivity index (χ0v) is 13.3. The Labute approximate surface area is 127 Å². The molecule has 1 aliphatic carbocycles. The van der Waals surface area contributed by atoms with Crippen molar-refractivity contribution in [2.75, 3.05) is 38.9 Å². The topological polar surface area (TPSA) is 46.6 Å². The third-order valence-corrected chi connectivity index (χ3v) is 3.77. The van der Waals surface area contributed by atoms with Crippen LogP contribution in [0.3, 0.4) is 0 Å². The number of anilines is 1. The molecule has 0 aromatic carbocycles. The van der Waals surface area contributed by atoms with Gasteiger partial charge in [-0.15, -0.1) is 0 Å². The Morgan fingerprint density at radius 2 is 2.19 bits per heavy atom. The van der Waals surface area contributed by atoms with Crippen LogP contribution in [0.25, 0.3) is 0 Å². The molecule has 1 aromatic heterocycles. The van der Waals surface area contributed by atoms with Gasteiger partial charge >= 0.3 is 0 Å². The molecule has 1 saturated carbocycles. The predicted octanol–water partition coefficient (Wildman–Crippen LogP) is 1.82. The summed E-state index contributed by atoms with van der Waals surface area (Å²) in [5.41, 5.74) is 1.24. The molecule has 1 aromatic rings. The van der Waals surface area contributed by atoms with Gasteiger partial charge in [-0.05, 0) is 25.8 Å². The Morgan fingerprint density at radius 3 is 2.86 bits per heavy atom. The van der Waals surface area contributed by atoms with Crippen LogP contribution in [-0.2, 0) is 16.0 Å². The summed E-state index contributed by atoms with van der Waals surface area (Å²) in [4.78, 5) is 6.88. The van der Waals surface area contributed by atoms with E-state index < -0.39 is 0 Å². The van der Waals surface area contributed by atoms with Gasteiger partial charge in [0.2, 0.25) is 0 Å². The number of nitrogens with one attached hydrogen (secondary N) is 1. The molecule has 1 unspecified atom stereocenters. The minimum absolute atomic E-state index is 0.264. The highest BCUT2D eigenvalue weighted by atomic mass is 16.5. The number of methoxy groups -OCH3 is 2. The van der Waals surface area contributed by atoms with Crippen LogP contribution in [0.1, 0.15) is 25.3 Å². The highest BCUT2D eigenvalue weighted by molar-refractivity contribution is 5.47. The molecule has 0 radical (unpaired) electrons. The average Bonchev–Trinajstić information content (AvgIpc) is 3.31. The number of rotatable bonds is 10. The van der Waals surface area contributed by atoms with E-state index in [4.69, 9.17) is 9.47 Å². The maximum absolute atomic E-state index is 5.31. The SMILES string of the molecule is COCCN(c1ncccc1CNC1CC1)C(C)COC. The van der Waals surface area contributed by atoms with Crippen molar-refractivity contribution in [2.24, 2.45) is 0 Å². The third kappa shape index (κ3) is 4.95. The van der Waals surface area contributed by atoms with E-state index in [2.05, 4.69) is 28.2 Å². The third-order valence-electron chi connectivity index (χ3n) is 3.77. The lowest BCUT2D eigenvalue weighted by Gasteiger charge is -2.31. The van der Waals surface area contributed by atoms with Gasteiger partial charge in [0, 0.05) is 45.1 Å². The van der Waals surface area contributed by atoms with E-state index in [0.29, 0.717) is 19.3 Å². The Morgan fingerprint density at radius 1 is 1.38 bits per heavy atom. The van der Waals surface area contributed by atoms with Crippen LogP contribution in [0.4, 0.5) is 5.82 Å². The number of pyridine rings is 1. The monoisotopic (exact) mass is 293 g/mol. The molecule has 0 saturated heterocycles. The van der Waals surface area contributed by atoms with Crippen LogP contribution in [0, 0.1) is 0 Å². The first-order valence-corrected chi connectivity index (χ1v) is 7.68. The summed E-state index contributed by atoms with van der Waals surface area (Å²) >= 11 is 0. The van der Waals surface area contributed by atoms with Crippen molar-refractivity contribution >= 4 is 5.82 Å². The summed E-state index contributed by atoms with van der Waals surface area (Å²) in [6.45, 7) is 5.20.